The quantitative estimate of drug-likeness (QED) is 0.408. The maximum atomic E-state index is 14.8. The number of halogens is 2. The van der Waals surface area contributed by atoms with Crippen LogP contribution in [0.4, 0.5) is 8.78 Å². The number of methoxy groups -OCH3 is 1. The first kappa shape index (κ1) is 25.2. The molecule has 7 heteroatoms. The number of esters is 1. The van der Waals surface area contributed by atoms with Gasteiger partial charge in [0.1, 0.15) is 18.0 Å². The van der Waals surface area contributed by atoms with Gasteiger partial charge in [0.2, 0.25) is 0 Å². The molecule has 172 valence electrons. The van der Waals surface area contributed by atoms with Crippen molar-refractivity contribution in [2.45, 2.75) is 45.6 Å². The molecule has 1 N–H and O–H groups in total. The fraction of sp³-hybridized carbons (Fsp3) is 0.360. The molecule has 0 fully saturated rings. The van der Waals surface area contributed by atoms with Gasteiger partial charge in [0.15, 0.2) is 11.6 Å². The maximum absolute atomic E-state index is 14.8. The zero-order chi connectivity index (χ0) is 23.8. The number of ketones is 1. The van der Waals surface area contributed by atoms with Gasteiger partial charge in [-0.15, -0.1) is 0 Å². The lowest BCUT2D eigenvalue weighted by Crippen LogP contribution is -2.16. The Morgan fingerprint density at radius 1 is 1.16 bits per heavy atom. The Morgan fingerprint density at radius 3 is 2.38 bits per heavy atom. The van der Waals surface area contributed by atoms with E-state index >= 15 is 0 Å². The molecule has 1 unspecified atom stereocenters. The number of carbonyl (C=O) groups is 2. The first-order valence-corrected chi connectivity index (χ1v) is 10.4. The van der Waals surface area contributed by atoms with Crippen molar-refractivity contribution < 1.29 is 33.0 Å². The Labute approximate surface area is 186 Å². The van der Waals surface area contributed by atoms with Crippen molar-refractivity contribution in [2.75, 3.05) is 13.7 Å². The van der Waals surface area contributed by atoms with Gasteiger partial charge in [-0.3, -0.25) is 9.59 Å². The monoisotopic (exact) mass is 446 g/mol. The fourth-order valence-electron chi connectivity index (χ4n) is 3.38. The maximum Gasteiger partial charge on any atom is 0.313 e. The number of ether oxygens (including phenoxy) is 2. The van der Waals surface area contributed by atoms with Gasteiger partial charge in [0.05, 0.1) is 19.8 Å². The van der Waals surface area contributed by atoms with Gasteiger partial charge >= 0.3 is 5.97 Å². The molecule has 0 saturated heterocycles. The molecule has 2 rings (SSSR count). The summed E-state index contributed by atoms with van der Waals surface area (Å²) in [5.74, 6) is -2.16. The topological polar surface area (TPSA) is 72.8 Å². The van der Waals surface area contributed by atoms with E-state index in [2.05, 4.69) is 0 Å². The number of hydrogen-bond donors (Lipinski definition) is 1. The first-order valence-electron chi connectivity index (χ1n) is 10.4. The molecule has 1 atom stereocenters. The average Bonchev–Trinajstić information content (AvgIpc) is 2.72. The third kappa shape index (κ3) is 6.47. The van der Waals surface area contributed by atoms with Gasteiger partial charge in [-0.25, -0.2) is 8.78 Å². The Morgan fingerprint density at radius 2 is 1.81 bits per heavy atom. The second-order valence-electron chi connectivity index (χ2n) is 7.58. The summed E-state index contributed by atoms with van der Waals surface area (Å²) in [6, 6.07) is 6.95. The number of benzene rings is 2. The molecule has 0 amide bonds. The summed E-state index contributed by atoms with van der Waals surface area (Å²) in [6.07, 6.45) is 1.17. The van der Waals surface area contributed by atoms with E-state index < -0.39 is 35.9 Å². The smallest absolute Gasteiger partial charge is 0.313 e. The fourth-order valence-corrected chi connectivity index (χ4v) is 3.38. The van der Waals surface area contributed by atoms with Gasteiger partial charge in [0.25, 0.3) is 0 Å². The van der Waals surface area contributed by atoms with Crippen LogP contribution in [0.25, 0.3) is 17.2 Å². The van der Waals surface area contributed by atoms with Crippen LogP contribution in [0.15, 0.2) is 36.4 Å². The third-order valence-electron chi connectivity index (χ3n) is 4.83. The Bertz CT molecular complexity index is 981. The van der Waals surface area contributed by atoms with Crippen LogP contribution >= 0.6 is 0 Å². The summed E-state index contributed by atoms with van der Waals surface area (Å²) in [7, 11) is 1.34. The van der Waals surface area contributed by atoms with Crippen LogP contribution in [0, 0.1) is 11.6 Å². The highest BCUT2D eigenvalue weighted by molar-refractivity contribution is 5.95. The third-order valence-corrected chi connectivity index (χ3v) is 4.83. The number of Topliss-reactive ketones (excluding diaryl/α,β-unsaturated/α-hetero) is 1. The van der Waals surface area contributed by atoms with Crippen LogP contribution in [-0.4, -0.2) is 36.7 Å². The molecule has 32 heavy (non-hydrogen) atoms. The van der Waals surface area contributed by atoms with Crippen molar-refractivity contribution in [2.24, 2.45) is 0 Å². The summed E-state index contributed by atoms with van der Waals surface area (Å²) in [4.78, 5) is 23.4. The van der Waals surface area contributed by atoms with Crippen LogP contribution in [0.5, 0.6) is 5.75 Å². The normalized spacial score (nSPS) is 12.2. The number of carbonyl (C=O) groups excluding carboxylic acids is 2. The van der Waals surface area contributed by atoms with Crippen LogP contribution in [-0.2, 0) is 14.3 Å². The SMILES string of the molecule is CCOC(=O)CC(=O)CC(O)/C=C/c1c(C(C)C)cc(F)c(OC)c1-c1ccc(F)cc1. The van der Waals surface area contributed by atoms with Crippen LogP contribution in [0.2, 0.25) is 0 Å². The Kier molecular flexibility index (Phi) is 9.08. The second kappa shape index (κ2) is 11.5. The standard InChI is InChI=1S/C25H28F2O5/c1-5-32-23(30)13-19(29)12-18(28)10-11-20-21(15(2)3)14-22(27)25(31-4)24(20)16-6-8-17(26)9-7-16/h6-11,14-15,18,28H,5,12-13H2,1-4H3/b11-10+. The molecule has 0 heterocycles. The molecule has 0 aliphatic rings. The Balaban J connectivity index is 2.45. The van der Waals surface area contributed by atoms with E-state index in [1.807, 2.05) is 13.8 Å². The van der Waals surface area contributed by atoms with E-state index in [9.17, 15) is 23.5 Å². The second-order valence-corrected chi connectivity index (χ2v) is 7.58. The zero-order valence-electron chi connectivity index (χ0n) is 18.7. The van der Waals surface area contributed by atoms with E-state index in [-0.39, 0.29) is 24.7 Å². The van der Waals surface area contributed by atoms with E-state index in [4.69, 9.17) is 9.47 Å². The van der Waals surface area contributed by atoms with E-state index in [0.717, 1.165) is 0 Å². The first-order chi connectivity index (χ1) is 15.2. The average molecular weight is 446 g/mol. The molecule has 0 bridgehead atoms. The van der Waals surface area contributed by atoms with Gasteiger partial charge in [0, 0.05) is 12.0 Å². The Hall–Kier alpha value is -3.06. The predicted molar refractivity (Wildman–Crippen MR) is 118 cm³/mol. The molecule has 5 nitrogen and oxygen atoms in total. The van der Waals surface area contributed by atoms with Crippen molar-refractivity contribution in [3.63, 3.8) is 0 Å². The van der Waals surface area contributed by atoms with Crippen molar-refractivity contribution in [3.05, 3.63) is 59.2 Å². The van der Waals surface area contributed by atoms with Crippen LogP contribution in [0.1, 0.15) is 50.7 Å². The van der Waals surface area contributed by atoms with Crippen molar-refractivity contribution in [1.82, 2.24) is 0 Å². The molecular formula is C25H28F2O5. The molecular weight excluding hydrogens is 418 g/mol. The lowest BCUT2D eigenvalue weighted by molar-refractivity contribution is -0.145. The molecule has 0 aliphatic carbocycles. The van der Waals surface area contributed by atoms with Crippen LogP contribution < -0.4 is 4.74 Å². The number of rotatable bonds is 10. The van der Waals surface area contributed by atoms with Crippen LogP contribution in [0.3, 0.4) is 0 Å². The number of aliphatic hydroxyl groups excluding tert-OH is 1. The molecule has 0 spiro atoms. The molecule has 0 saturated carbocycles. The minimum atomic E-state index is -1.16. The van der Waals surface area contributed by atoms with Gasteiger partial charge in [-0.05, 0) is 47.7 Å². The number of hydrogen-bond acceptors (Lipinski definition) is 5. The summed E-state index contributed by atoms with van der Waals surface area (Å²) < 4.78 is 38.3. The summed E-state index contributed by atoms with van der Waals surface area (Å²) in [5, 5.41) is 10.3. The van der Waals surface area contributed by atoms with E-state index in [1.54, 1.807) is 13.0 Å². The summed E-state index contributed by atoms with van der Waals surface area (Å²) in [5.41, 5.74) is 2.19. The summed E-state index contributed by atoms with van der Waals surface area (Å²) in [6.45, 7) is 5.60. The van der Waals surface area contributed by atoms with Gasteiger partial charge in [-0.1, -0.05) is 38.1 Å². The van der Waals surface area contributed by atoms with Crippen molar-refractivity contribution >= 4 is 17.8 Å². The molecule has 0 aliphatic heterocycles. The highest BCUT2D eigenvalue weighted by Gasteiger charge is 2.21. The zero-order valence-corrected chi connectivity index (χ0v) is 18.7. The highest BCUT2D eigenvalue weighted by Crippen LogP contribution is 2.40. The molecule has 2 aromatic carbocycles. The number of aliphatic hydroxyl groups is 1. The summed E-state index contributed by atoms with van der Waals surface area (Å²) >= 11 is 0. The van der Waals surface area contributed by atoms with E-state index in [0.29, 0.717) is 22.3 Å². The van der Waals surface area contributed by atoms with Crippen molar-refractivity contribution in [3.8, 4) is 16.9 Å². The van der Waals surface area contributed by atoms with E-state index in [1.165, 1.54) is 43.5 Å². The lowest BCUT2D eigenvalue weighted by atomic mass is 9.88. The van der Waals surface area contributed by atoms with Gasteiger partial charge in [-0.2, -0.15) is 0 Å². The highest BCUT2D eigenvalue weighted by atomic mass is 19.1. The molecule has 0 radical (unpaired) electrons. The molecule has 0 aromatic heterocycles. The lowest BCUT2D eigenvalue weighted by Gasteiger charge is -2.19. The van der Waals surface area contributed by atoms with Gasteiger partial charge < -0.3 is 14.6 Å². The van der Waals surface area contributed by atoms with Crippen molar-refractivity contribution in [1.29, 1.82) is 0 Å². The predicted octanol–water partition coefficient (Wildman–Crippen LogP) is 5.05. The molecule has 2 aromatic rings. The largest absolute Gasteiger partial charge is 0.493 e. The minimum Gasteiger partial charge on any atom is -0.493 e. The minimum absolute atomic E-state index is 0.00599.